The molecule has 34 heavy (non-hydrogen) atoms. The number of hydrogen-bond donors (Lipinski definition) is 1. The number of nitrogens with one attached hydrogen (secondary N) is 1. The summed E-state index contributed by atoms with van der Waals surface area (Å²) in [6.07, 6.45) is 4.86. The molecule has 3 amide bonds. The molecule has 0 saturated carbocycles. The molecule has 0 spiro atoms. The minimum absolute atomic E-state index is 0.00630. The molecule has 178 valence electrons. The molecule has 2 aromatic rings. The van der Waals surface area contributed by atoms with Crippen LogP contribution in [0, 0.1) is 13.8 Å². The number of anilines is 3. The van der Waals surface area contributed by atoms with Crippen LogP contribution < -0.4 is 15.1 Å². The normalized spacial score (nSPS) is 19.6. The molecule has 2 fully saturated rings. The van der Waals surface area contributed by atoms with E-state index >= 15 is 0 Å². The van der Waals surface area contributed by atoms with Gasteiger partial charge in [0.2, 0.25) is 11.8 Å². The standard InChI is InChI=1S/C27H32N4O3/c1-18-8-10-21(19(2)15-18)28-25(32)17-31-24-16-20(26(33)29-12-5-6-13-29)9-11-22(24)30-14-4-3-7-23(30)27(31)34/h8-11,15-16,23H,3-7,12-14,17H2,1-2H3,(H,28,32). The van der Waals surface area contributed by atoms with Gasteiger partial charge in [0, 0.05) is 30.9 Å². The van der Waals surface area contributed by atoms with Crippen molar-refractivity contribution in [2.75, 3.05) is 41.3 Å². The molecular formula is C27H32N4O3. The number of rotatable bonds is 4. The van der Waals surface area contributed by atoms with E-state index in [2.05, 4.69) is 10.2 Å². The van der Waals surface area contributed by atoms with E-state index in [1.165, 1.54) is 0 Å². The Labute approximate surface area is 200 Å². The van der Waals surface area contributed by atoms with Gasteiger partial charge in [0.15, 0.2) is 0 Å². The molecule has 0 aliphatic carbocycles. The molecule has 0 bridgehead atoms. The van der Waals surface area contributed by atoms with E-state index in [0.717, 1.165) is 74.2 Å². The van der Waals surface area contributed by atoms with Crippen LogP contribution in [0.3, 0.4) is 0 Å². The first-order valence-corrected chi connectivity index (χ1v) is 12.3. The van der Waals surface area contributed by atoms with Crippen molar-refractivity contribution in [2.45, 2.75) is 52.0 Å². The van der Waals surface area contributed by atoms with Crippen LogP contribution in [0.25, 0.3) is 0 Å². The predicted molar refractivity (Wildman–Crippen MR) is 133 cm³/mol. The number of carbonyl (C=O) groups excluding carboxylic acids is 3. The van der Waals surface area contributed by atoms with Gasteiger partial charge in [0.1, 0.15) is 12.6 Å². The van der Waals surface area contributed by atoms with Gasteiger partial charge in [-0.1, -0.05) is 17.7 Å². The Morgan fingerprint density at radius 2 is 1.71 bits per heavy atom. The number of likely N-dealkylation sites (tertiary alicyclic amines) is 1. The molecule has 2 saturated heterocycles. The van der Waals surface area contributed by atoms with E-state index in [9.17, 15) is 14.4 Å². The quantitative estimate of drug-likeness (QED) is 0.752. The van der Waals surface area contributed by atoms with Gasteiger partial charge in [-0.2, -0.15) is 0 Å². The molecule has 3 heterocycles. The van der Waals surface area contributed by atoms with Crippen LogP contribution >= 0.6 is 0 Å². The van der Waals surface area contributed by atoms with Crippen molar-refractivity contribution in [3.63, 3.8) is 0 Å². The van der Waals surface area contributed by atoms with Crippen LogP contribution in [0.1, 0.15) is 53.6 Å². The molecule has 0 aromatic heterocycles. The number of hydrogen-bond acceptors (Lipinski definition) is 4. The Kier molecular flexibility index (Phi) is 6.02. The van der Waals surface area contributed by atoms with Crippen LogP contribution in [0.2, 0.25) is 0 Å². The Morgan fingerprint density at radius 1 is 0.941 bits per heavy atom. The summed E-state index contributed by atoms with van der Waals surface area (Å²) in [5.74, 6) is -0.311. The largest absolute Gasteiger partial charge is 0.358 e. The van der Waals surface area contributed by atoms with Crippen molar-refractivity contribution in [1.29, 1.82) is 0 Å². The maximum Gasteiger partial charge on any atom is 0.253 e. The van der Waals surface area contributed by atoms with E-state index in [0.29, 0.717) is 11.3 Å². The first-order valence-electron chi connectivity index (χ1n) is 12.3. The lowest BCUT2D eigenvalue weighted by atomic mass is 9.95. The van der Waals surface area contributed by atoms with Gasteiger partial charge in [-0.05, 0) is 75.8 Å². The lowest BCUT2D eigenvalue weighted by Gasteiger charge is -2.45. The minimum Gasteiger partial charge on any atom is -0.358 e. The van der Waals surface area contributed by atoms with E-state index in [1.54, 1.807) is 4.90 Å². The zero-order chi connectivity index (χ0) is 23.8. The monoisotopic (exact) mass is 460 g/mol. The molecule has 7 heteroatoms. The lowest BCUT2D eigenvalue weighted by Crippen LogP contribution is -2.56. The fourth-order valence-corrected chi connectivity index (χ4v) is 5.44. The average Bonchev–Trinajstić information content (AvgIpc) is 3.38. The summed E-state index contributed by atoms with van der Waals surface area (Å²) in [5.41, 5.74) is 5.02. The van der Waals surface area contributed by atoms with E-state index in [4.69, 9.17) is 0 Å². The molecule has 3 aliphatic rings. The molecule has 1 atom stereocenters. The topological polar surface area (TPSA) is 73.0 Å². The van der Waals surface area contributed by atoms with Crippen LogP contribution in [0.4, 0.5) is 17.1 Å². The maximum absolute atomic E-state index is 13.6. The number of carbonyl (C=O) groups is 3. The summed E-state index contributed by atoms with van der Waals surface area (Å²) in [6.45, 7) is 6.24. The van der Waals surface area contributed by atoms with Gasteiger partial charge < -0.3 is 15.1 Å². The van der Waals surface area contributed by atoms with Crippen LogP contribution in [-0.2, 0) is 9.59 Å². The molecule has 3 aliphatic heterocycles. The Bertz CT molecular complexity index is 1140. The summed E-state index contributed by atoms with van der Waals surface area (Å²) in [5, 5.41) is 2.97. The third kappa shape index (κ3) is 4.15. The molecule has 1 N–H and O–H groups in total. The molecule has 7 nitrogen and oxygen atoms in total. The Balaban J connectivity index is 1.45. The number of nitrogens with zero attached hydrogens (tertiary/aromatic N) is 3. The van der Waals surface area contributed by atoms with Gasteiger partial charge in [-0.25, -0.2) is 0 Å². The summed E-state index contributed by atoms with van der Waals surface area (Å²) in [6, 6.07) is 11.3. The fourth-order valence-electron chi connectivity index (χ4n) is 5.44. The molecule has 5 rings (SSSR count). The van der Waals surface area contributed by atoms with Gasteiger partial charge in [0.05, 0.1) is 11.4 Å². The van der Waals surface area contributed by atoms with E-state index < -0.39 is 0 Å². The average molecular weight is 461 g/mol. The number of benzene rings is 2. The van der Waals surface area contributed by atoms with E-state index in [1.807, 2.05) is 55.1 Å². The van der Waals surface area contributed by atoms with Gasteiger partial charge in [-0.3, -0.25) is 19.3 Å². The van der Waals surface area contributed by atoms with Crippen molar-refractivity contribution in [3.05, 3.63) is 53.1 Å². The van der Waals surface area contributed by atoms with Crippen LogP contribution in [0.5, 0.6) is 0 Å². The fraction of sp³-hybridized carbons (Fsp3) is 0.444. The number of piperidine rings is 1. The van der Waals surface area contributed by atoms with Crippen molar-refractivity contribution < 1.29 is 14.4 Å². The predicted octanol–water partition coefficient (Wildman–Crippen LogP) is 3.88. The first-order chi connectivity index (χ1) is 16.4. The summed E-state index contributed by atoms with van der Waals surface area (Å²) in [4.78, 5) is 45.3. The highest BCUT2D eigenvalue weighted by Crippen LogP contribution is 2.40. The minimum atomic E-state index is -0.254. The molecule has 2 aromatic carbocycles. The first kappa shape index (κ1) is 22.4. The third-order valence-corrected chi connectivity index (χ3v) is 7.23. The number of amides is 3. The van der Waals surface area contributed by atoms with Gasteiger partial charge in [-0.15, -0.1) is 0 Å². The highest BCUT2D eigenvalue weighted by molar-refractivity contribution is 6.11. The second kappa shape index (κ2) is 9.12. The second-order valence-electron chi connectivity index (χ2n) is 9.70. The zero-order valence-corrected chi connectivity index (χ0v) is 20.0. The SMILES string of the molecule is Cc1ccc(NC(=O)CN2C(=O)C3CCCCN3c3ccc(C(=O)N4CCCC4)cc32)c(C)c1. The zero-order valence-electron chi connectivity index (χ0n) is 20.0. The van der Waals surface area contributed by atoms with Crippen molar-refractivity contribution in [3.8, 4) is 0 Å². The third-order valence-electron chi connectivity index (χ3n) is 7.23. The van der Waals surface area contributed by atoms with Crippen molar-refractivity contribution >= 4 is 34.8 Å². The Morgan fingerprint density at radius 3 is 2.47 bits per heavy atom. The number of aryl methyl sites for hydroxylation is 2. The molecule has 1 unspecified atom stereocenters. The van der Waals surface area contributed by atoms with Gasteiger partial charge in [0.25, 0.3) is 5.91 Å². The number of fused-ring (bicyclic) bond motifs is 3. The lowest BCUT2D eigenvalue weighted by molar-refractivity contribution is -0.123. The summed E-state index contributed by atoms with van der Waals surface area (Å²) < 4.78 is 0. The van der Waals surface area contributed by atoms with Crippen LogP contribution in [0.15, 0.2) is 36.4 Å². The van der Waals surface area contributed by atoms with Crippen molar-refractivity contribution in [2.24, 2.45) is 0 Å². The summed E-state index contributed by atoms with van der Waals surface area (Å²) in [7, 11) is 0. The molecule has 0 radical (unpaired) electrons. The van der Waals surface area contributed by atoms with Gasteiger partial charge >= 0.3 is 0 Å². The van der Waals surface area contributed by atoms with Crippen molar-refractivity contribution in [1.82, 2.24) is 4.90 Å². The smallest absolute Gasteiger partial charge is 0.253 e. The van der Waals surface area contributed by atoms with E-state index in [-0.39, 0.29) is 30.3 Å². The second-order valence-corrected chi connectivity index (χ2v) is 9.70. The highest BCUT2D eigenvalue weighted by atomic mass is 16.2. The highest BCUT2D eigenvalue weighted by Gasteiger charge is 2.40. The van der Waals surface area contributed by atoms with Crippen LogP contribution in [-0.4, -0.2) is 54.8 Å². The molecular weight excluding hydrogens is 428 g/mol. The Hall–Kier alpha value is -3.35. The maximum atomic E-state index is 13.6. The summed E-state index contributed by atoms with van der Waals surface area (Å²) >= 11 is 0.